The van der Waals surface area contributed by atoms with E-state index in [-0.39, 0.29) is 12.1 Å². The lowest BCUT2D eigenvalue weighted by atomic mass is 9.90. The highest BCUT2D eigenvalue weighted by Gasteiger charge is 2.43. The van der Waals surface area contributed by atoms with E-state index >= 15 is 0 Å². The van der Waals surface area contributed by atoms with Gasteiger partial charge in [-0.15, -0.1) is 0 Å². The smallest absolute Gasteiger partial charge is 0.410 e. The van der Waals surface area contributed by atoms with Crippen molar-refractivity contribution in [3.63, 3.8) is 0 Å². The minimum absolute atomic E-state index is 0.114. The van der Waals surface area contributed by atoms with Crippen molar-refractivity contribution in [2.75, 3.05) is 24.6 Å². The molecule has 2 saturated heterocycles. The fraction of sp³-hybridized carbons (Fsp3) is 0.667. The molecule has 1 aliphatic carbocycles. The Balaban J connectivity index is 1.28. The van der Waals surface area contributed by atoms with Crippen molar-refractivity contribution in [1.29, 1.82) is 0 Å². The van der Waals surface area contributed by atoms with Crippen molar-refractivity contribution in [3.8, 4) is 0 Å². The molecule has 1 N–H and O–H groups in total. The van der Waals surface area contributed by atoms with Crippen LogP contribution in [0.2, 0.25) is 0 Å². The number of hydrogen-bond donors (Lipinski definition) is 1. The highest BCUT2D eigenvalue weighted by molar-refractivity contribution is 5.87. The number of ether oxygens (including phenoxy) is 1. The fourth-order valence-corrected chi connectivity index (χ4v) is 5.39. The van der Waals surface area contributed by atoms with E-state index in [0.717, 1.165) is 49.2 Å². The zero-order chi connectivity index (χ0) is 18.9. The number of H-pyrrole nitrogens is 1. The van der Waals surface area contributed by atoms with Gasteiger partial charge in [0.05, 0.1) is 24.1 Å². The van der Waals surface area contributed by atoms with E-state index in [1.165, 1.54) is 32.1 Å². The maximum atomic E-state index is 12.9. The summed E-state index contributed by atoms with van der Waals surface area (Å²) in [5, 5.41) is 1.06. The maximum Gasteiger partial charge on any atom is 0.410 e. The summed E-state index contributed by atoms with van der Waals surface area (Å²) >= 11 is 0. The van der Waals surface area contributed by atoms with Gasteiger partial charge >= 0.3 is 6.09 Å². The van der Waals surface area contributed by atoms with Crippen LogP contribution in [0.5, 0.6) is 0 Å². The number of aromatic amines is 1. The largest absolute Gasteiger partial charge is 0.449 e. The summed E-state index contributed by atoms with van der Waals surface area (Å²) in [4.78, 5) is 29.3. The zero-order valence-electron chi connectivity index (χ0n) is 16.3. The van der Waals surface area contributed by atoms with Crippen molar-refractivity contribution in [2.24, 2.45) is 5.92 Å². The van der Waals surface area contributed by atoms with Gasteiger partial charge in [-0.1, -0.05) is 19.3 Å². The molecule has 3 aliphatic rings. The molecule has 7 heteroatoms. The fourth-order valence-electron chi connectivity index (χ4n) is 5.39. The molecule has 150 valence electrons. The summed E-state index contributed by atoms with van der Waals surface area (Å²) in [6, 6.07) is 2.57. The van der Waals surface area contributed by atoms with Crippen LogP contribution in [0.1, 0.15) is 51.4 Å². The van der Waals surface area contributed by atoms with Gasteiger partial charge in [-0.25, -0.2) is 14.8 Å². The van der Waals surface area contributed by atoms with Gasteiger partial charge in [0.15, 0.2) is 0 Å². The standard InChI is InChI=1S/C21H29N5O2/c27-21(28-13-15-5-2-1-3-6-15)26-11-4-7-17-18(26)9-12-25(17)20-16-8-10-22-19(16)23-14-24-20/h8,10,14-15,17-18H,1-7,9,11-13H2,(H,22,23,24)/t17-,18-/m1/s1. The number of rotatable bonds is 3. The van der Waals surface area contributed by atoms with Crippen LogP contribution in [0.25, 0.3) is 11.0 Å². The minimum atomic E-state index is -0.114. The van der Waals surface area contributed by atoms with E-state index in [2.05, 4.69) is 19.9 Å². The molecule has 2 aliphatic heterocycles. The van der Waals surface area contributed by atoms with Crippen molar-refractivity contribution in [1.82, 2.24) is 19.9 Å². The van der Waals surface area contributed by atoms with Gasteiger partial charge in [-0.05, 0) is 44.1 Å². The van der Waals surface area contributed by atoms with Gasteiger partial charge in [-0.2, -0.15) is 0 Å². The molecule has 2 atom stereocenters. The molecule has 1 saturated carbocycles. The quantitative estimate of drug-likeness (QED) is 0.874. The molecule has 0 unspecified atom stereocenters. The second-order valence-electron chi connectivity index (χ2n) is 8.47. The summed E-state index contributed by atoms with van der Waals surface area (Å²) in [5.41, 5.74) is 0.869. The first-order valence-electron chi connectivity index (χ1n) is 10.8. The van der Waals surface area contributed by atoms with Gasteiger partial charge in [-0.3, -0.25) is 0 Å². The van der Waals surface area contributed by atoms with Crippen molar-refractivity contribution >= 4 is 22.9 Å². The number of piperidine rings is 1. The van der Waals surface area contributed by atoms with Gasteiger partial charge in [0, 0.05) is 19.3 Å². The van der Waals surface area contributed by atoms with Crippen molar-refractivity contribution in [3.05, 3.63) is 18.6 Å². The predicted molar refractivity (Wildman–Crippen MR) is 107 cm³/mol. The Morgan fingerprint density at radius 2 is 1.96 bits per heavy atom. The van der Waals surface area contributed by atoms with Crippen molar-refractivity contribution in [2.45, 2.75) is 63.5 Å². The number of likely N-dealkylation sites (tertiary alicyclic amines) is 1. The lowest BCUT2D eigenvalue weighted by Crippen LogP contribution is -2.52. The number of anilines is 1. The zero-order valence-corrected chi connectivity index (χ0v) is 16.3. The molecule has 2 aromatic heterocycles. The Morgan fingerprint density at radius 1 is 1.07 bits per heavy atom. The number of hydrogen-bond acceptors (Lipinski definition) is 5. The Kier molecular flexibility index (Phi) is 4.82. The molecule has 3 fully saturated rings. The molecule has 5 rings (SSSR count). The number of amides is 1. The van der Waals surface area contributed by atoms with Crippen LogP contribution in [0, 0.1) is 5.92 Å². The highest BCUT2D eigenvalue weighted by Crippen LogP contribution is 2.36. The predicted octanol–water partition coefficient (Wildman–Crippen LogP) is 3.72. The molecule has 0 spiro atoms. The van der Waals surface area contributed by atoms with E-state index in [1.807, 2.05) is 17.2 Å². The normalized spacial score (nSPS) is 25.9. The van der Waals surface area contributed by atoms with Crippen molar-refractivity contribution < 1.29 is 9.53 Å². The Bertz CT molecular complexity index is 831. The summed E-state index contributed by atoms with van der Waals surface area (Å²) in [5.74, 6) is 1.54. The summed E-state index contributed by atoms with van der Waals surface area (Å²) in [6.45, 7) is 2.31. The van der Waals surface area contributed by atoms with Crippen LogP contribution in [0.3, 0.4) is 0 Å². The monoisotopic (exact) mass is 383 g/mol. The highest BCUT2D eigenvalue weighted by atomic mass is 16.6. The topological polar surface area (TPSA) is 74.3 Å². The van der Waals surface area contributed by atoms with Crippen LogP contribution in [0.4, 0.5) is 10.6 Å². The van der Waals surface area contributed by atoms with Gasteiger partial charge < -0.3 is 19.5 Å². The molecule has 0 aromatic carbocycles. The molecule has 4 heterocycles. The second-order valence-corrected chi connectivity index (χ2v) is 8.47. The van der Waals surface area contributed by atoms with E-state index < -0.39 is 0 Å². The van der Waals surface area contributed by atoms with Gasteiger partial charge in [0.2, 0.25) is 0 Å². The van der Waals surface area contributed by atoms with E-state index in [9.17, 15) is 4.79 Å². The number of nitrogens with zero attached hydrogens (tertiary/aromatic N) is 4. The number of aromatic nitrogens is 3. The molecule has 1 amide bonds. The lowest BCUT2D eigenvalue weighted by Gasteiger charge is -2.39. The van der Waals surface area contributed by atoms with Crippen LogP contribution in [-0.2, 0) is 4.74 Å². The molecule has 28 heavy (non-hydrogen) atoms. The number of fused-ring (bicyclic) bond motifs is 2. The number of nitrogens with one attached hydrogen (secondary N) is 1. The summed E-state index contributed by atoms with van der Waals surface area (Å²) < 4.78 is 5.77. The summed E-state index contributed by atoms with van der Waals surface area (Å²) in [7, 11) is 0. The lowest BCUT2D eigenvalue weighted by molar-refractivity contribution is 0.0565. The Hall–Kier alpha value is -2.31. The van der Waals surface area contributed by atoms with Crippen LogP contribution < -0.4 is 4.90 Å². The van der Waals surface area contributed by atoms with E-state index in [4.69, 9.17) is 4.74 Å². The first-order valence-corrected chi connectivity index (χ1v) is 10.8. The molecule has 0 bridgehead atoms. The number of carbonyl (C=O) groups is 1. The summed E-state index contributed by atoms with van der Waals surface area (Å²) in [6.07, 6.45) is 12.8. The van der Waals surface area contributed by atoms with Gasteiger partial charge in [0.1, 0.15) is 17.8 Å². The Labute approximate surface area is 165 Å². The molecular weight excluding hydrogens is 354 g/mol. The second kappa shape index (κ2) is 7.60. The molecule has 2 aromatic rings. The van der Waals surface area contributed by atoms with Gasteiger partial charge in [0.25, 0.3) is 0 Å². The average Bonchev–Trinajstić information content (AvgIpc) is 3.39. The minimum Gasteiger partial charge on any atom is -0.449 e. The molecule has 0 radical (unpaired) electrons. The molecule has 7 nitrogen and oxygen atoms in total. The molecular formula is C21H29N5O2. The number of carbonyl (C=O) groups excluding carboxylic acids is 1. The first kappa shape index (κ1) is 17.8. The van der Waals surface area contributed by atoms with E-state index in [0.29, 0.717) is 18.6 Å². The Morgan fingerprint density at radius 3 is 2.86 bits per heavy atom. The third-order valence-electron chi connectivity index (χ3n) is 6.82. The van der Waals surface area contributed by atoms with E-state index in [1.54, 1.807) is 6.33 Å². The first-order chi connectivity index (χ1) is 13.8. The third kappa shape index (κ3) is 3.20. The average molecular weight is 383 g/mol. The third-order valence-corrected chi connectivity index (χ3v) is 6.82. The SMILES string of the molecule is O=C(OCC1CCCCC1)N1CCC[C@@H]2[C@H]1CCN2c1ncnc2[nH]ccc12. The van der Waals surface area contributed by atoms with Crippen LogP contribution in [0.15, 0.2) is 18.6 Å². The van der Waals surface area contributed by atoms with Crippen LogP contribution in [-0.4, -0.2) is 57.7 Å². The maximum absolute atomic E-state index is 12.9. The van der Waals surface area contributed by atoms with Crippen LogP contribution >= 0.6 is 0 Å².